The first kappa shape index (κ1) is 28.2. The molecule has 3 heteroatoms. The van der Waals surface area contributed by atoms with Gasteiger partial charge in [0.2, 0.25) is 0 Å². The number of aryl methyl sites for hydroxylation is 1. The fraction of sp³-hybridized carbons (Fsp3) is 0.545. The molecule has 1 fully saturated rings. The van der Waals surface area contributed by atoms with Crippen LogP contribution in [0, 0.1) is 5.92 Å². The molecule has 0 aromatic heterocycles. The van der Waals surface area contributed by atoms with Gasteiger partial charge in [-0.3, -0.25) is 0 Å². The summed E-state index contributed by atoms with van der Waals surface area (Å²) in [5, 5.41) is 9.53. The summed E-state index contributed by atoms with van der Waals surface area (Å²) in [6, 6.07) is 13.6. The molecule has 0 spiro atoms. The first-order valence-corrected chi connectivity index (χ1v) is 14.1. The van der Waals surface area contributed by atoms with Gasteiger partial charge >= 0.3 is 5.97 Å². The third-order valence-corrected chi connectivity index (χ3v) is 7.90. The summed E-state index contributed by atoms with van der Waals surface area (Å²) >= 11 is 0. The van der Waals surface area contributed by atoms with Crippen molar-refractivity contribution < 1.29 is 14.6 Å². The number of benzene rings is 2. The lowest BCUT2D eigenvalue weighted by Crippen LogP contribution is -2.13. The van der Waals surface area contributed by atoms with Crippen LogP contribution in [0.3, 0.4) is 0 Å². The maximum Gasteiger partial charge on any atom is 0.333 e. The molecule has 0 saturated heterocycles. The summed E-state index contributed by atoms with van der Waals surface area (Å²) in [6.07, 6.45) is 13.1. The Hall–Kier alpha value is -2.39. The lowest BCUT2D eigenvalue weighted by Gasteiger charge is -2.29. The summed E-state index contributed by atoms with van der Waals surface area (Å²) < 4.78 is 5.35. The van der Waals surface area contributed by atoms with E-state index >= 15 is 0 Å². The van der Waals surface area contributed by atoms with E-state index in [9.17, 15) is 9.90 Å². The molecule has 0 amide bonds. The summed E-state index contributed by atoms with van der Waals surface area (Å²) in [7, 11) is 0. The van der Waals surface area contributed by atoms with Crippen LogP contribution in [0.2, 0.25) is 0 Å². The van der Waals surface area contributed by atoms with E-state index in [2.05, 4.69) is 56.8 Å². The average molecular weight is 491 g/mol. The van der Waals surface area contributed by atoms with E-state index in [0.29, 0.717) is 30.9 Å². The Morgan fingerprint density at radius 2 is 1.75 bits per heavy atom. The van der Waals surface area contributed by atoms with Crippen LogP contribution in [-0.2, 0) is 28.8 Å². The highest BCUT2D eigenvalue weighted by Crippen LogP contribution is 2.39. The maximum atomic E-state index is 11.8. The van der Waals surface area contributed by atoms with Crippen molar-refractivity contribution in [2.45, 2.75) is 97.3 Å². The molecule has 0 aliphatic heterocycles. The summed E-state index contributed by atoms with van der Waals surface area (Å²) in [4.78, 5) is 11.8. The zero-order valence-corrected chi connectivity index (χ0v) is 22.8. The van der Waals surface area contributed by atoms with Crippen molar-refractivity contribution in [3.05, 3.63) is 70.8 Å². The van der Waals surface area contributed by atoms with E-state index in [1.807, 2.05) is 0 Å². The molecule has 0 unspecified atom stereocenters. The highest BCUT2D eigenvalue weighted by molar-refractivity contribution is 5.86. The molecule has 0 heterocycles. The van der Waals surface area contributed by atoms with Gasteiger partial charge in [-0.1, -0.05) is 82.5 Å². The van der Waals surface area contributed by atoms with Crippen molar-refractivity contribution in [1.82, 2.24) is 0 Å². The molecule has 0 atom stereocenters. The molecule has 1 aliphatic rings. The van der Waals surface area contributed by atoms with E-state index in [1.54, 1.807) is 6.92 Å². The molecular weight excluding hydrogens is 444 g/mol. The minimum absolute atomic E-state index is 0.105. The van der Waals surface area contributed by atoms with E-state index < -0.39 is 0 Å². The van der Waals surface area contributed by atoms with Gasteiger partial charge in [0, 0.05) is 18.6 Å². The van der Waals surface area contributed by atoms with E-state index in [0.717, 1.165) is 23.5 Å². The van der Waals surface area contributed by atoms with Gasteiger partial charge in [0.05, 0.1) is 6.61 Å². The van der Waals surface area contributed by atoms with Gasteiger partial charge < -0.3 is 9.84 Å². The normalized spacial score (nSPS) is 17.7. The Balaban J connectivity index is 1.74. The standard InChI is InChI=1S/C33H46O3/c1-5-7-8-9-25-10-12-27(13-11-25)29-16-17-32(26(6-2)22-29)31-15-14-28(18-20-34)30(23-31)19-21-36-33(35)24(3)4/h14-17,22-23,25,27,34H,3,5-13,18-21H2,1-2,4H3. The smallest absolute Gasteiger partial charge is 0.333 e. The van der Waals surface area contributed by atoms with E-state index in [1.165, 1.54) is 73.6 Å². The Morgan fingerprint density at radius 3 is 2.42 bits per heavy atom. The predicted molar refractivity (Wildman–Crippen MR) is 150 cm³/mol. The Bertz CT molecular complexity index is 998. The molecule has 1 N–H and O–H groups in total. The quantitative estimate of drug-likeness (QED) is 0.176. The monoisotopic (exact) mass is 490 g/mol. The van der Waals surface area contributed by atoms with Crippen LogP contribution in [0.5, 0.6) is 0 Å². The Kier molecular flexibility index (Phi) is 11.3. The second-order valence-corrected chi connectivity index (χ2v) is 10.6. The molecular formula is C33H46O3. The molecule has 3 nitrogen and oxygen atoms in total. The van der Waals surface area contributed by atoms with Crippen LogP contribution in [0.15, 0.2) is 48.6 Å². The Morgan fingerprint density at radius 1 is 0.972 bits per heavy atom. The van der Waals surface area contributed by atoms with Crippen LogP contribution < -0.4 is 0 Å². The highest BCUT2D eigenvalue weighted by atomic mass is 16.5. The lowest BCUT2D eigenvalue weighted by atomic mass is 9.76. The van der Waals surface area contributed by atoms with Crippen molar-refractivity contribution in [1.29, 1.82) is 0 Å². The molecule has 2 aromatic rings. The molecule has 3 rings (SSSR count). The fourth-order valence-corrected chi connectivity index (χ4v) is 5.68. The molecule has 2 aromatic carbocycles. The number of hydrogen-bond donors (Lipinski definition) is 1. The number of rotatable bonds is 13. The first-order valence-electron chi connectivity index (χ1n) is 14.1. The third-order valence-electron chi connectivity index (χ3n) is 7.90. The van der Waals surface area contributed by atoms with Gasteiger partial charge in [-0.05, 0) is 90.7 Å². The van der Waals surface area contributed by atoms with Crippen molar-refractivity contribution in [3.63, 3.8) is 0 Å². The summed E-state index contributed by atoms with van der Waals surface area (Å²) in [5.74, 6) is 1.27. The number of esters is 1. The molecule has 1 saturated carbocycles. The number of unbranched alkanes of at least 4 members (excludes halogenated alkanes) is 2. The lowest BCUT2D eigenvalue weighted by molar-refractivity contribution is -0.138. The van der Waals surface area contributed by atoms with Gasteiger partial charge in [-0.25, -0.2) is 4.79 Å². The number of aliphatic hydroxyl groups is 1. The molecule has 36 heavy (non-hydrogen) atoms. The van der Waals surface area contributed by atoms with E-state index in [4.69, 9.17) is 4.74 Å². The van der Waals surface area contributed by atoms with Gasteiger partial charge in [-0.15, -0.1) is 0 Å². The molecule has 0 bridgehead atoms. The van der Waals surface area contributed by atoms with Crippen LogP contribution in [-0.4, -0.2) is 24.3 Å². The topological polar surface area (TPSA) is 46.5 Å². The second-order valence-electron chi connectivity index (χ2n) is 10.6. The predicted octanol–water partition coefficient (Wildman–Crippen LogP) is 7.97. The molecule has 0 radical (unpaired) electrons. The molecule has 1 aliphatic carbocycles. The van der Waals surface area contributed by atoms with Gasteiger partial charge in [0.1, 0.15) is 0 Å². The summed E-state index contributed by atoms with van der Waals surface area (Å²) in [6.45, 7) is 10.3. The first-order chi connectivity index (χ1) is 17.5. The van der Waals surface area contributed by atoms with E-state index in [-0.39, 0.29) is 12.6 Å². The van der Waals surface area contributed by atoms with Crippen LogP contribution >= 0.6 is 0 Å². The van der Waals surface area contributed by atoms with Crippen LogP contribution in [0.25, 0.3) is 11.1 Å². The minimum Gasteiger partial charge on any atom is -0.462 e. The number of carbonyl (C=O) groups is 1. The summed E-state index contributed by atoms with van der Waals surface area (Å²) in [5.41, 5.74) is 8.03. The highest BCUT2D eigenvalue weighted by Gasteiger charge is 2.23. The van der Waals surface area contributed by atoms with Crippen molar-refractivity contribution in [2.75, 3.05) is 13.2 Å². The number of carbonyl (C=O) groups excluding carboxylic acids is 1. The van der Waals surface area contributed by atoms with Crippen molar-refractivity contribution >= 4 is 5.97 Å². The third kappa shape index (κ3) is 7.80. The Labute approximate surface area is 219 Å². The maximum absolute atomic E-state index is 11.8. The van der Waals surface area contributed by atoms with Gasteiger partial charge in [-0.2, -0.15) is 0 Å². The van der Waals surface area contributed by atoms with Crippen molar-refractivity contribution in [3.8, 4) is 11.1 Å². The zero-order valence-electron chi connectivity index (χ0n) is 22.8. The van der Waals surface area contributed by atoms with Gasteiger partial charge in [0.25, 0.3) is 0 Å². The fourth-order valence-electron chi connectivity index (χ4n) is 5.68. The largest absolute Gasteiger partial charge is 0.462 e. The molecule has 196 valence electrons. The minimum atomic E-state index is -0.353. The second kappa shape index (κ2) is 14.4. The van der Waals surface area contributed by atoms with Crippen LogP contribution in [0.4, 0.5) is 0 Å². The van der Waals surface area contributed by atoms with Crippen LogP contribution in [0.1, 0.15) is 100 Å². The SMILES string of the molecule is C=C(C)C(=O)OCCc1cc(-c2ccc(C3CCC(CCCCC)CC3)cc2CC)ccc1CCO. The van der Waals surface area contributed by atoms with Crippen molar-refractivity contribution in [2.24, 2.45) is 5.92 Å². The zero-order chi connectivity index (χ0) is 25.9. The number of ether oxygens (including phenoxy) is 1. The van der Waals surface area contributed by atoms with Gasteiger partial charge in [0.15, 0.2) is 0 Å². The number of hydrogen-bond acceptors (Lipinski definition) is 3. The number of aliphatic hydroxyl groups excluding tert-OH is 1. The average Bonchev–Trinajstić information content (AvgIpc) is 2.89.